The number of hydrogen-bond donors (Lipinski definition) is 1. The quantitative estimate of drug-likeness (QED) is 0.575. The lowest BCUT2D eigenvalue weighted by Gasteiger charge is -2.11. The molecule has 3 aromatic heterocycles. The van der Waals surface area contributed by atoms with Crippen LogP contribution in [0.25, 0.3) is 11.3 Å². The van der Waals surface area contributed by atoms with E-state index < -0.39 is 0 Å². The molecule has 0 bridgehead atoms. The fourth-order valence-corrected chi connectivity index (χ4v) is 3.50. The first-order chi connectivity index (χ1) is 13.5. The summed E-state index contributed by atoms with van der Waals surface area (Å²) >= 11 is 0. The number of pyridine rings is 1. The van der Waals surface area contributed by atoms with Gasteiger partial charge in [0, 0.05) is 36.7 Å². The number of carbonyl (C=O) groups excluding carboxylic acids is 1. The number of rotatable bonds is 5. The molecule has 1 N–H and O–H groups in total. The summed E-state index contributed by atoms with van der Waals surface area (Å²) in [6.07, 6.45) is 4.55. The van der Waals surface area contributed by atoms with Crippen molar-refractivity contribution < 1.29 is 9.18 Å². The molecule has 0 unspecified atom stereocenters. The van der Waals surface area contributed by atoms with Crippen LogP contribution in [0.2, 0.25) is 0 Å². The van der Waals surface area contributed by atoms with Gasteiger partial charge in [-0.25, -0.2) is 9.37 Å². The average Bonchev–Trinajstić information content (AvgIpc) is 3.22. The molecule has 0 fully saturated rings. The van der Waals surface area contributed by atoms with E-state index in [0.29, 0.717) is 29.9 Å². The van der Waals surface area contributed by atoms with E-state index in [-0.39, 0.29) is 11.7 Å². The summed E-state index contributed by atoms with van der Waals surface area (Å²) in [4.78, 5) is 17.2. The number of aryl methyl sites for hydroxylation is 1. The van der Waals surface area contributed by atoms with Crippen molar-refractivity contribution >= 4 is 11.6 Å². The molecule has 142 valence electrons. The Bertz CT molecular complexity index is 1130. The number of nitrogens with zero attached hydrogens (tertiary/aromatic N) is 3. The van der Waals surface area contributed by atoms with Crippen molar-refractivity contribution in [2.75, 3.05) is 6.54 Å². The van der Waals surface area contributed by atoms with E-state index in [2.05, 4.69) is 10.3 Å². The van der Waals surface area contributed by atoms with E-state index in [1.807, 2.05) is 48.8 Å². The minimum absolute atomic E-state index is 0.167. The van der Waals surface area contributed by atoms with Gasteiger partial charge >= 0.3 is 0 Å². The van der Waals surface area contributed by atoms with Gasteiger partial charge < -0.3 is 14.3 Å². The van der Waals surface area contributed by atoms with E-state index in [1.165, 1.54) is 6.07 Å². The van der Waals surface area contributed by atoms with Crippen molar-refractivity contribution in [2.45, 2.75) is 20.3 Å². The zero-order chi connectivity index (χ0) is 19.7. The highest BCUT2D eigenvalue weighted by Crippen LogP contribution is 2.22. The normalized spacial score (nSPS) is 11.1. The Balaban J connectivity index is 1.48. The number of benzene rings is 1. The second kappa shape index (κ2) is 7.31. The summed E-state index contributed by atoms with van der Waals surface area (Å²) in [5, 5.41) is 2.94. The summed E-state index contributed by atoms with van der Waals surface area (Å²) in [5.74, 6) is -0.484. The van der Waals surface area contributed by atoms with E-state index >= 15 is 0 Å². The number of aromatic nitrogens is 3. The highest BCUT2D eigenvalue weighted by molar-refractivity contribution is 5.95. The first-order valence-electron chi connectivity index (χ1n) is 9.19. The van der Waals surface area contributed by atoms with Crippen LogP contribution in [0.5, 0.6) is 0 Å². The lowest BCUT2D eigenvalue weighted by atomic mass is 10.2. The molecular weight excluding hydrogens is 355 g/mol. The van der Waals surface area contributed by atoms with Gasteiger partial charge in [-0.2, -0.15) is 0 Å². The molecule has 1 aromatic carbocycles. The van der Waals surface area contributed by atoms with E-state index in [4.69, 9.17) is 0 Å². The molecule has 4 aromatic rings. The molecule has 0 radical (unpaired) electrons. The number of nitrogens with one attached hydrogen (secondary N) is 1. The fourth-order valence-electron chi connectivity index (χ4n) is 3.50. The molecule has 4 rings (SSSR count). The highest BCUT2D eigenvalue weighted by atomic mass is 19.1. The highest BCUT2D eigenvalue weighted by Gasteiger charge is 2.18. The average molecular weight is 376 g/mol. The van der Waals surface area contributed by atoms with Crippen LogP contribution < -0.4 is 5.32 Å². The monoisotopic (exact) mass is 376 g/mol. The van der Waals surface area contributed by atoms with Gasteiger partial charge in [-0.15, -0.1) is 0 Å². The number of amides is 1. The van der Waals surface area contributed by atoms with Crippen LogP contribution in [0.3, 0.4) is 0 Å². The summed E-state index contributed by atoms with van der Waals surface area (Å²) in [5.41, 5.74) is 4.33. The Morgan fingerprint density at radius 3 is 2.71 bits per heavy atom. The summed E-state index contributed by atoms with van der Waals surface area (Å²) in [7, 11) is 0. The van der Waals surface area contributed by atoms with Crippen LogP contribution in [0.4, 0.5) is 4.39 Å². The number of halogens is 1. The fraction of sp³-hybridized carbons (Fsp3) is 0.182. The van der Waals surface area contributed by atoms with E-state index in [9.17, 15) is 9.18 Å². The third kappa shape index (κ3) is 3.29. The molecule has 0 aliphatic carbocycles. The molecule has 28 heavy (non-hydrogen) atoms. The summed E-state index contributed by atoms with van der Waals surface area (Å²) < 4.78 is 17.9. The third-order valence-electron chi connectivity index (χ3n) is 4.85. The zero-order valence-corrected chi connectivity index (χ0v) is 15.8. The number of imidazole rings is 1. The van der Waals surface area contributed by atoms with E-state index in [1.54, 1.807) is 28.8 Å². The Morgan fingerprint density at radius 1 is 1.14 bits per heavy atom. The number of para-hydroxylation sites is 1. The molecule has 6 heteroatoms. The Morgan fingerprint density at radius 2 is 1.93 bits per heavy atom. The molecule has 0 spiro atoms. The molecule has 0 aliphatic rings. The molecule has 1 amide bonds. The van der Waals surface area contributed by atoms with E-state index in [0.717, 1.165) is 17.0 Å². The summed E-state index contributed by atoms with van der Waals surface area (Å²) in [6.45, 7) is 4.18. The standard InChI is InChI=1S/C22H21FN4O/c1-15-13-18(16(2)27(15)20-8-4-3-7-19(20)23)22(28)24-11-10-17-14-26-12-6-5-9-21(26)25-17/h3-9,12-14H,10-11H2,1-2H3,(H,24,28). The van der Waals surface area contributed by atoms with Crippen molar-refractivity contribution in [3.05, 3.63) is 89.4 Å². The number of hydrogen-bond acceptors (Lipinski definition) is 2. The van der Waals surface area contributed by atoms with Crippen LogP contribution in [0, 0.1) is 19.7 Å². The second-order valence-corrected chi connectivity index (χ2v) is 6.78. The first kappa shape index (κ1) is 18.0. The molecule has 3 heterocycles. The topological polar surface area (TPSA) is 51.3 Å². The van der Waals surface area contributed by atoms with Gasteiger partial charge in [-0.1, -0.05) is 18.2 Å². The van der Waals surface area contributed by atoms with Crippen LogP contribution in [0.1, 0.15) is 27.4 Å². The number of carbonyl (C=O) groups is 1. The smallest absolute Gasteiger partial charge is 0.253 e. The maximum atomic E-state index is 14.2. The minimum Gasteiger partial charge on any atom is -0.352 e. The van der Waals surface area contributed by atoms with Gasteiger partial charge in [-0.3, -0.25) is 4.79 Å². The molecule has 5 nitrogen and oxygen atoms in total. The van der Waals surface area contributed by atoms with Crippen molar-refractivity contribution in [3.63, 3.8) is 0 Å². The minimum atomic E-state index is -0.317. The van der Waals surface area contributed by atoms with Crippen molar-refractivity contribution in [1.82, 2.24) is 19.3 Å². The Hall–Kier alpha value is -3.41. The van der Waals surface area contributed by atoms with Crippen molar-refractivity contribution in [1.29, 1.82) is 0 Å². The van der Waals surface area contributed by atoms with Crippen LogP contribution in [0.15, 0.2) is 60.9 Å². The largest absolute Gasteiger partial charge is 0.352 e. The second-order valence-electron chi connectivity index (χ2n) is 6.78. The van der Waals surface area contributed by atoms with Crippen LogP contribution in [-0.4, -0.2) is 26.4 Å². The summed E-state index contributed by atoms with van der Waals surface area (Å²) in [6, 6.07) is 14.2. The lowest BCUT2D eigenvalue weighted by molar-refractivity contribution is 0.0953. The van der Waals surface area contributed by atoms with Gasteiger partial charge in [0.1, 0.15) is 11.5 Å². The molecule has 0 aliphatic heterocycles. The van der Waals surface area contributed by atoms with Gasteiger partial charge in [0.2, 0.25) is 0 Å². The Kier molecular flexibility index (Phi) is 4.69. The van der Waals surface area contributed by atoms with Crippen LogP contribution >= 0.6 is 0 Å². The lowest BCUT2D eigenvalue weighted by Crippen LogP contribution is -2.26. The van der Waals surface area contributed by atoms with Gasteiger partial charge in [0.25, 0.3) is 5.91 Å². The maximum Gasteiger partial charge on any atom is 0.253 e. The molecule has 0 saturated heterocycles. The first-order valence-corrected chi connectivity index (χ1v) is 9.19. The van der Waals surface area contributed by atoms with Crippen molar-refractivity contribution in [3.8, 4) is 5.69 Å². The third-order valence-corrected chi connectivity index (χ3v) is 4.85. The molecule has 0 atom stereocenters. The maximum absolute atomic E-state index is 14.2. The predicted molar refractivity (Wildman–Crippen MR) is 106 cm³/mol. The Labute approximate surface area is 162 Å². The van der Waals surface area contributed by atoms with Crippen LogP contribution in [-0.2, 0) is 6.42 Å². The van der Waals surface area contributed by atoms with Gasteiger partial charge in [0.15, 0.2) is 0 Å². The SMILES string of the molecule is Cc1cc(C(=O)NCCc2cn3ccccc3n2)c(C)n1-c1ccccc1F. The number of fused-ring (bicyclic) bond motifs is 1. The zero-order valence-electron chi connectivity index (χ0n) is 15.8. The predicted octanol–water partition coefficient (Wildman–Crippen LogP) is 3.85. The molecule has 0 saturated carbocycles. The van der Waals surface area contributed by atoms with Gasteiger partial charge in [-0.05, 0) is 44.2 Å². The van der Waals surface area contributed by atoms with Gasteiger partial charge in [0.05, 0.1) is 16.9 Å². The van der Waals surface area contributed by atoms with Crippen molar-refractivity contribution in [2.24, 2.45) is 0 Å². The molecular formula is C22H21FN4O.